The fourth-order valence-corrected chi connectivity index (χ4v) is 4.14. The van der Waals surface area contributed by atoms with Crippen molar-refractivity contribution in [3.63, 3.8) is 0 Å². The average molecular weight is 373 g/mol. The molecule has 0 radical (unpaired) electrons. The van der Waals surface area contributed by atoms with Crippen molar-refractivity contribution >= 4 is 23.0 Å². The number of hydrogen-bond acceptors (Lipinski definition) is 5. The van der Waals surface area contributed by atoms with Gasteiger partial charge in [-0.1, -0.05) is 25.3 Å². The zero-order chi connectivity index (χ0) is 18.4. The molecule has 0 amide bonds. The Balaban J connectivity index is 1.59. The van der Waals surface area contributed by atoms with Crippen molar-refractivity contribution < 1.29 is 0 Å². The molecule has 3 rings (SSSR count). The summed E-state index contributed by atoms with van der Waals surface area (Å²) in [7, 11) is 0. The van der Waals surface area contributed by atoms with Crippen molar-refractivity contribution in [3.8, 4) is 6.07 Å². The fourth-order valence-electron chi connectivity index (χ4n) is 4.07. The maximum Gasteiger partial charge on any atom is 0.178 e. The van der Waals surface area contributed by atoms with E-state index < -0.39 is 0 Å². The van der Waals surface area contributed by atoms with Gasteiger partial charge in [-0.15, -0.1) is 0 Å². The van der Waals surface area contributed by atoms with Crippen LogP contribution in [0.3, 0.4) is 0 Å². The zero-order valence-corrected chi connectivity index (χ0v) is 16.0. The summed E-state index contributed by atoms with van der Waals surface area (Å²) in [4.78, 5) is 5.00. The van der Waals surface area contributed by atoms with Gasteiger partial charge in [0, 0.05) is 38.8 Å². The number of anilines is 1. The molecule has 1 saturated heterocycles. The van der Waals surface area contributed by atoms with Crippen LogP contribution in [-0.4, -0.2) is 42.2 Å². The van der Waals surface area contributed by atoms with Crippen LogP contribution in [0.25, 0.3) is 0 Å². The summed E-state index contributed by atoms with van der Waals surface area (Å²) >= 11 is 4.76. The Kier molecular flexibility index (Phi) is 6.67. The van der Waals surface area contributed by atoms with Crippen LogP contribution in [-0.2, 0) is 6.54 Å². The first-order valence-electron chi connectivity index (χ1n) is 9.47. The van der Waals surface area contributed by atoms with Gasteiger partial charge >= 0.3 is 0 Å². The van der Waals surface area contributed by atoms with E-state index in [0.717, 1.165) is 49.0 Å². The Hall–Kier alpha value is -1.88. The van der Waals surface area contributed by atoms with Crippen LogP contribution in [0.5, 0.6) is 0 Å². The monoisotopic (exact) mass is 372 g/mol. The molecule has 1 aliphatic carbocycles. The number of hydrogen-bond donors (Lipinski definition) is 3. The van der Waals surface area contributed by atoms with Crippen molar-refractivity contribution in [1.82, 2.24) is 15.8 Å². The first kappa shape index (κ1) is 18.9. The van der Waals surface area contributed by atoms with E-state index in [9.17, 15) is 5.26 Å². The van der Waals surface area contributed by atoms with E-state index in [-0.39, 0.29) is 5.11 Å². The topological polar surface area (TPSA) is 80.3 Å². The second-order valence-corrected chi connectivity index (χ2v) is 7.56. The molecule has 0 bridgehead atoms. The summed E-state index contributed by atoms with van der Waals surface area (Å²) < 4.78 is 0. The molecule has 1 heterocycles. The van der Waals surface area contributed by atoms with Crippen LogP contribution >= 0.6 is 12.2 Å². The molecule has 1 aliphatic heterocycles. The second kappa shape index (κ2) is 9.17. The van der Waals surface area contributed by atoms with Gasteiger partial charge < -0.3 is 10.6 Å². The van der Waals surface area contributed by atoms with Gasteiger partial charge in [0.05, 0.1) is 11.3 Å². The third kappa shape index (κ3) is 4.85. The van der Waals surface area contributed by atoms with Crippen LogP contribution in [0, 0.1) is 11.3 Å². The number of nitriles is 1. The standard InChI is InChI=1S/C19H28N6S/c20-13-16-12-15(14-22-23-19(21)26)6-7-18(16)25-10-8-24(9-11-25)17-4-2-1-3-5-17/h6-7,12,17,22H,1-5,8-11,14H2,(H3,21,23,26). The van der Waals surface area contributed by atoms with E-state index in [1.54, 1.807) is 0 Å². The third-order valence-electron chi connectivity index (χ3n) is 5.43. The number of nitrogens with zero attached hydrogens (tertiary/aromatic N) is 3. The highest BCUT2D eigenvalue weighted by Gasteiger charge is 2.26. The number of hydrazine groups is 1. The van der Waals surface area contributed by atoms with Crippen molar-refractivity contribution in [2.75, 3.05) is 31.1 Å². The number of rotatable bonds is 5. The highest BCUT2D eigenvalue weighted by molar-refractivity contribution is 7.80. The van der Waals surface area contributed by atoms with E-state index in [4.69, 9.17) is 18.0 Å². The lowest BCUT2D eigenvalue weighted by atomic mass is 9.94. The normalized spacial score (nSPS) is 19.1. The maximum absolute atomic E-state index is 9.58. The van der Waals surface area contributed by atoms with E-state index in [1.165, 1.54) is 32.1 Å². The minimum absolute atomic E-state index is 0.206. The van der Waals surface area contributed by atoms with Crippen molar-refractivity contribution in [3.05, 3.63) is 29.3 Å². The second-order valence-electron chi connectivity index (χ2n) is 7.12. The SMILES string of the molecule is N#Cc1cc(CNNC(N)=S)ccc1N1CCN(C2CCCCC2)CC1. The summed E-state index contributed by atoms with van der Waals surface area (Å²) in [5.74, 6) is 0. The molecule has 0 atom stereocenters. The molecule has 1 aromatic rings. The number of benzene rings is 1. The average Bonchev–Trinajstić information content (AvgIpc) is 2.68. The lowest BCUT2D eigenvalue weighted by Gasteiger charge is -2.41. The van der Waals surface area contributed by atoms with Gasteiger partial charge in [0.1, 0.15) is 6.07 Å². The van der Waals surface area contributed by atoms with Crippen LogP contribution in [0.4, 0.5) is 5.69 Å². The van der Waals surface area contributed by atoms with Crippen LogP contribution in [0.15, 0.2) is 18.2 Å². The predicted octanol–water partition coefficient (Wildman–Crippen LogP) is 1.85. The summed E-state index contributed by atoms with van der Waals surface area (Å²) in [6, 6.07) is 9.18. The van der Waals surface area contributed by atoms with Crippen LogP contribution in [0.2, 0.25) is 0 Å². The Labute approximate surface area is 161 Å². The minimum Gasteiger partial charge on any atom is -0.375 e. The van der Waals surface area contributed by atoms with E-state index in [1.807, 2.05) is 6.07 Å². The minimum atomic E-state index is 0.206. The smallest absolute Gasteiger partial charge is 0.178 e. The first-order valence-corrected chi connectivity index (χ1v) is 9.88. The molecule has 2 fully saturated rings. The Morgan fingerprint density at radius 1 is 1.19 bits per heavy atom. The molecule has 26 heavy (non-hydrogen) atoms. The predicted molar refractivity (Wildman–Crippen MR) is 109 cm³/mol. The Morgan fingerprint density at radius 2 is 1.92 bits per heavy atom. The number of thiocarbonyl (C=S) groups is 1. The van der Waals surface area contributed by atoms with Gasteiger partial charge in [-0.05, 0) is 42.8 Å². The lowest BCUT2D eigenvalue weighted by Crippen LogP contribution is -2.51. The van der Waals surface area contributed by atoms with Gasteiger partial charge in [-0.3, -0.25) is 10.3 Å². The van der Waals surface area contributed by atoms with Crippen molar-refractivity contribution in [1.29, 1.82) is 5.26 Å². The molecular weight excluding hydrogens is 344 g/mol. The van der Waals surface area contributed by atoms with Gasteiger partial charge in [-0.2, -0.15) is 5.26 Å². The summed E-state index contributed by atoms with van der Waals surface area (Å²) in [5.41, 5.74) is 13.8. The molecule has 6 nitrogen and oxygen atoms in total. The Morgan fingerprint density at radius 3 is 2.58 bits per heavy atom. The molecule has 7 heteroatoms. The van der Waals surface area contributed by atoms with Crippen LogP contribution < -0.4 is 21.5 Å². The highest BCUT2D eigenvalue weighted by atomic mass is 32.1. The van der Waals surface area contributed by atoms with Gasteiger partial charge in [0.15, 0.2) is 5.11 Å². The molecule has 0 spiro atoms. The Bertz CT molecular complexity index is 656. The largest absolute Gasteiger partial charge is 0.375 e. The molecule has 0 unspecified atom stereocenters. The van der Waals surface area contributed by atoms with Crippen LogP contribution in [0.1, 0.15) is 43.2 Å². The number of piperazine rings is 1. The molecular formula is C19H28N6S. The molecule has 1 saturated carbocycles. The summed E-state index contributed by atoms with van der Waals surface area (Å²) in [6.45, 7) is 4.73. The van der Waals surface area contributed by atoms with Crippen molar-refractivity contribution in [2.24, 2.45) is 5.73 Å². The van der Waals surface area contributed by atoms with Gasteiger partial charge in [-0.25, -0.2) is 5.43 Å². The lowest BCUT2D eigenvalue weighted by molar-refractivity contribution is 0.148. The third-order valence-corrected chi connectivity index (χ3v) is 5.53. The molecule has 2 aliphatic rings. The van der Waals surface area contributed by atoms with E-state index in [2.05, 4.69) is 38.9 Å². The molecule has 1 aromatic carbocycles. The van der Waals surface area contributed by atoms with Gasteiger partial charge in [0.25, 0.3) is 0 Å². The zero-order valence-electron chi connectivity index (χ0n) is 15.2. The number of nitrogens with two attached hydrogens (primary N) is 1. The maximum atomic E-state index is 9.58. The summed E-state index contributed by atoms with van der Waals surface area (Å²) in [5, 5.41) is 9.79. The molecule has 140 valence electrons. The van der Waals surface area contributed by atoms with Gasteiger partial charge in [0.2, 0.25) is 0 Å². The summed E-state index contributed by atoms with van der Waals surface area (Å²) in [6.07, 6.45) is 6.86. The molecule has 0 aromatic heterocycles. The number of nitrogens with one attached hydrogen (secondary N) is 2. The van der Waals surface area contributed by atoms with E-state index >= 15 is 0 Å². The first-order chi connectivity index (χ1) is 12.7. The highest BCUT2D eigenvalue weighted by Crippen LogP contribution is 2.26. The quantitative estimate of drug-likeness (QED) is 0.538. The van der Waals surface area contributed by atoms with Crippen molar-refractivity contribution in [2.45, 2.75) is 44.7 Å². The molecule has 4 N–H and O–H groups in total. The van der Waals surface area contributed by atoms with E-state index in [0.29, 0.717) is 6.54 Å². The fraction of sp³-hybridized carbons (Fsp3) is 0.579.